The van der Waals surface area contributed by atoms with Crippen LogP contribution in [0.4, 0.5) is 0 Å². The maximum Gasteiger partial charge on any atom is 0.306 e. The quantitative estimate of drug-likeness (QED) is 0.0268. The predicted octanol–water partition coefficient (Wildman–Crippen LogP) is 10.3. The van der Waals surface area contributed by atoms with Crippen molar-refractivity contribution < 1.29 is 49.0 Å². The lowest BCUT2D eigenvalue weighted by atomic mass is 9.99. The zero-order chi connectivity index (χ0) is 42.3. The Balaban J connectivity index is 2.34. The molecule has 4 N–H and O–H groups in total. The third kappa shape index (κ3) is 30.0. The topological polar surface area (TPSA) is 152 Å². The van der Waals surface area contributed by atoms with E-state index in [1.807, 2.05) is 0 Å². The smallest absolute Gasteiger partial charge is 0.306 e. The molecule has 1 aliphatic rings. The van der Waals surface area contributed by atoms with Crippen molar-refractivity contribution in [2.24, 2.45) is 0 Å². The first-order valence-electron chi connectivity index (χ1n) is 23.6. The van der Waals surface area contributed by atoms with Gasteiger partial charge in [0.05, 0.1) is 13.2 Å². The minimum absolute atomic E-state index is 0.205. The molecule has 0 spiro atoms. The highest BCUT2D eigenvalue weighted by Crippen LogP contribution is 2.23. The highest BCUT2D eigenvalue weighted by Gasteiger charge is 2.44. The van der Waals surface area contributed by atoms with Gasteiger partial charge in [0, 0.05) is 12.8 Å². The highest BCUT2D eigenvalue weighted by molar-refractivity contribution is 5.70. The van der Waals surface area contributed by atoms with Crippen LogP contribution in [0, 0.1) is 0 Å². The molecule has 1 fully saturated rings. The molecule has 1 rings (SSSR count). The van der Waals surface area contributed by atoms with E-state index < -0.39 is 55.4 Å². The third-order valence-electron chi connectivity index (χ3n) is 10.8. The Labute approximate surface area is 353 Å². The van der Waals surface area contributed by atoms with E-state index in [4.69, 9.17) is 18.9 Å². The van der Waals surface area contributed by atoms with Gasteiger partial charge in [-0.3, -0.25) is 9.59 Å². The van der Waals surface area contributed by atoms with E-state index >= 15 is 0 Å². The molecule has 1 heterocycles. The standard InChI is InChI=1S/C48H86O10/c1-3-5-7-9-11-13-15-17-19-21-23-24-26-28-30-32-34-36-43(50)55-39-41(40-56-48-47(54)46(53)45(52)42(38-49)58-48)57-44(51)37-35-33-31-29-27-25-22-20-18-16-14-12-10-8-6-4-2/h17,19,23-24,28,30,41-42,45-49,52-54H,3-16,18,20-22,25-27,29,31-40H2,1-2H3/b19-17+,24-23+,30-28+/t41-,42-,45+,46?,47?,48-/m0/s1. The Kier molecular flexibility index (Phi) is 36.3. The largest absolute Gasteiger partial charge is 0.462 e. The van der Waals surface area contributed by atoms with Crippen LogP contribution in [-0.2, 0) is 28.5 Å². The summed E-state index contributed by atoms with van der Waals surface area (Å²) in [6.07, 6.45) is 37.3. The summed E-state index contributed by atoms with van der Waals surface area (Å²) >= 11 is 0. The van der Waals surface area contributed by atoms with Crippen molar-refractivity contribution in [2.45, 2.75) is 237 Å². The summed E-state index contributed by atoms with van der Waals surface area (Å²) in [5.74, 6) is -0.861. The zero-order valence-corrected chi connectivity index (χ0v) is 36.8. The molecule has 0 aromatic rings. The predicted molar refractivity (Wildman–Crippen MR) is 233 cm³/mol. The SMILES string of the molecule is CCCCCCCC/C=C/C/C=C/C/C=C/CCCC(=O)OC[C@@H](CO[C@H]1O[C@@H](CO)[C@@H](O)C(O)C1O)OC(=O)CCCCCCCCCCCCCCCCCC. The summed E-state index contributed by atoms with van der Waals surface area (Å²) in [5.41, 5.74) is 0. The summed E-state index contributed by atoms with van der Waals surface area (Å²) in [6.45, 7) is 3.38. The van der Waals surface area contributed by atoms with Gasteiger partial charge in [-0.25, -0.2) is 0 Å². The van der Waals surface area contributed by atoms with Crippen LogP contribution in [0.2, 0.25) is 0 Å². The second-order valence-corrected chi connectivity index (χ2v) is 16.2. The molecule has 2 unspecified atom stereocenters. The van der Waals surface area contributed by atoms with E-state index in [9.17, 15) is 30.0 Å². The number of aliphatic hydroxyl groups is 4. The van der Waals surface area contributed by atoms with Crippen molar-refractivity contribution in [2.75, 3.05) is 19.8 Å². The van der Waals surface area contributed by atoms with Crippen LogP contribution >= 0.6 is 0 Å². The molecule has 10 nitrogen and oxygen atoms in total. The van der Waals surface area contributed by atoms with Crippen LogP contribution in [-0.4, -0.2) is 89.0 Å². The van der Waals surface area contributed by atoms with Crippen molar-refractivity contribution in [3.05, 3.63) is 36.5 Å². The number of rotatable bonds is 39. The minimum atomic E-state index is -1.60. The van der Waals surface area contributed by atoms with Gasteiger partial charge in [-0.2, -0.15) is 0 Å². The fraction of sp³-hybridized carbons (Fsp3) is 0.833. The van der Waals surface area contributed by atoms with E-state index in [2.05, 4.69) is 50.3 Å². The van der Waals surface area contributed by atoms with E-state index in [1.165, 1.54) is 116 Å². The van der Waals surface area contributed by atoms with Crippen LogP contribution in [0.25, 0.3) is 0 Å². The van der Waals surface area contributed by atoms with Crippen LogP contribution in [0.3, 0.4) is 0 Å². The zero-order valence-electron chi connectivity index (χ0n) is 36.8. The van der Waals surface area contributed by atoms with E-state index in [1.54, 1.807) is 0 Å². The summed E-state index contributed by atoms with van der Waals surface area (Å²) < 4.78 is 22.1. The Morgan fingerprint density at radius 1 is 0.534 bits per heavy atom. The average Bonchev–Trinajstić information content (AvgIpc) is 3.22. The first-order valence-corrected chi connectivity index (χ1v) is 23.6. The van der Waals surface area contributed by atoms with E-state index in [-0.39, 0.29) is 26.1 Å². The second-order valence-electron chi connectivity index (χ2n) is 16.2. The fourth-order valence-electron chi connectivity index (χ4n) is 7.03. The summed E-state index contributed by atoms with van der Waals surface area (Å²) in [7, 11) is 0. The fourth-order valence-corrected chi connectivity index (χ4v) is 7.03. The minimum Gasteiger partial charge on any atom is -0.462 e. The molecule has 58 heavy (non-hydrogen) atoms. The van der Waals surface area contributed by atoms with Gasteiger partial charge >= 0.3 is 11.9 Å². The molecule has 0 radical (unpaired) electrons. The lowest BCUT2D eigenvalue weighted by Crippen LogP contribution is -2.59. The molecule has 0 aromatic heterocycles. The normalized spacial score (nSPS) is 20.4. The van der Waals surface area contributed by atoms with E-state index in [0.29, 0.717) is 12.8 Å². The maximum absolute atomic E-state index is 12.8. The first kappa shape index (κ1) is 53.9. The van der Waals surface area contributed by atoms with Gasteiger partial charge in [-0.05, 0) is 44.9 Å². The van der Waals surface area contributed by atoms with Gasteiger partial charge in [0.25, 0.3) is 0 Å². The highest BCUT2D eigenvalue weighted by atomic mass is 16.7. The molecule has 0 aromatic carbocycles. The first-order chi connectivity index (χ1) is 28.3. The Hall–Kier alpha value is -2.08. The molecule has 1 aliphatic heterocycles. The van der Waals surface area contributed by atoms with Crippen molar-refractivity contribution in [1.29, 1.82) is 0 Å². The number of esters is 2. The van der Waals surface area contributed by atoms with Gasteiger partial charge in [-0.15, -0.1) is 0 Å². The molecule has 338 valence electrons. The number of ether oxygens (including phenoxy) is 4. The second kappa shape index (κ2) is 39.1. The van der Waals surface area contributed by atoms with Crippen LogP contribution in [0.5, 0.6) is 0 Å². The van der Waals surface area contributed by atoms with Crippen LogP contribution in [0.1, 0.15) is 200 Å². The summed E-state index contributed by atoms with van der Waals surface area (Å²) in [6, 6.07) is 0. The van der Waals surface area contributed by atoms with Crippen molar-refractivity contribution in [3.63, 3.8) is 0 Å². The number of aliphatic hydroxyl groups excluding tert-OH is 4. The number of hydrogen-bond donors (Lipinski definition) is 4. The molecule has 6 atom stereocenters. The van der Waals surface area contributed by atoms with Gasteiger partial charge in [-0.1, -0.05) is 179 Å². The monoisotopic (exact) mass is 823 g/mol. The van der Waals surface area contributed by atoms with Crippen LogP contribution < -0.4 is 0 Å². The lowest BCUT2D eigenvalue weighted by molar-refractivity contribution is -0.305. The summed E-state index contributed by atoms with van der Waals surface area (Å²) in [5, 5.41) is 40.1. The third-order valence-corrected chi connectivity index (χ3v) is 10.8. The van der Waals surface area contributed by atoms with Crippen molar-refractivity contribution in [3.8, 4) is 0 Å². The van der Waals surface area contributed by atoms with Gasteiger partial charge in [0.2, 0.25) is 0 Å². The summed E-state index contributed by atoms with van der Waals surface area (Å²) in [4.78, 5) is 25.3. The van der Waals surface area contributed by atoms with Crippen molar-refractivity contribution in [1.82, 2.24) is 0 Å². The number of hydrogen-bond acceptors (Lipinski definition) is 10. The Bertz CT molecular complexity index is 1040. The molecular formula is C48H86O10. The molecular weight excluding hydrogens is 737 g/mol. The number of carbonyl (C=O) groups excluding carboxylic acids is 2. The molecule has 0 saturated carbocycles. The maximum atomic E-state index is 12.8. The number of unbranched alkanes of at least 4 members (excludes halogenated alkanes) is 22. The lowest BCUT2D eigenvalue weighted by Gasteiger charge is -2.39. The average molecular weight is 823 g/mol. The van der Waals surface area contributed by atoms with Gasteiger partial charge in [0.1, 0.15) is 31.0 Å². The molecule has 0 aliphatic carbocycles. The Morgan fingerprint density at radius 3 is 1.50 bits per heavy atom. The number of allylic oxidation sites excluding steroid dienone is 6. The molecule has 1 saturated heterocycles. The van der Waals surface area contributed by atoms with Gasteiger partial charge < -0.3 is 39.4 Å². The molecule has 10 heteroatoms. The Morgan fingerprint density at radius 2 is 0.983 bits per heavy atom. The van der Waals surface area contributed by atoms with Crippen molar-refractivity contribution >= 4 is 11.9 Å². The molecule has 0 amide bonds. The van der Waals surface area contributed by atoms with Gasteiger partial charge in [0.15, 0.2) is 12.4 Å². The molecule has 0 bridgehead atoms. The number of carbonyl (C=O) groups is 2. The van der Waals surface area contributed by atoms with Crippen LogP contribution in [0.15, 0.2) is 36.5 Å². The van der Waals surface area contributed by atoms with E-state index in [0.717, 1.165) is 44.9 Å².